The summed E-state index contributed by atoms with van der Waals surface area (Å²) >= 11 is 0. The number of nitrogens with zero attached hydrogens (tertiary/aromatic N) is 2. The van der Waals surface area contributed by atoms with Crippen molar-refractivity contribution >= 4 is 33.2 Å². The van der Waals surface area contributed by atoms with E-state index >= 15 is 0 Å². The molecule has 112 valence electrons. The van der Waals surface area contributed by atoms with Gasteiger partial charge in [0, 0.05) is 11.7 Å². The van der Waals surface area contributed by atoms with Crippen molar-refractivity contribution < 1.29 is 18.0 Å². The summed E-state index contributed by atoms with van der Waals surface area (Å²) in [4.78, 5) is 26.9. The number of rotatable bonds is 2. The van der Waals surface area contributed by atoms with Crippen molar-refractivity contribution in [3.05, 3.63) is 24.3 Å². The first-order chi connectivity index (χ1) is 9.87. The van der Waals surface area contributed by atoms with Gasteiger partial charge >= 0.3 is 6.03 Å². The second kappa shape index (κ2) is 4.73. The van der Waals surface area contributed by atoms with Crippen LogP contribution in [0.3, 0.4) is 0 Å². The van der Waals surface area contributed by atoms with Gasteiger partial charge in [0.25, 0.3) is 5.91 Å². The molecule has 2 heterocycles. The van der Waals surface area contributed by atoms with Gasteiger partial charge in [0.05, 0.1) is 17.2 Å². The van der Waals surface area contributed by atoms with Gasteiger partial charge in [0.2, 0.25) is 0 Å². The van der Waals surface area contributed by atoms with Gasteiger partial charge in [0.1, 0.15) is 6.54 Å². The molecule has 0 bridgehead atoms. The normalized spacial score (nSPS) is 24.9. The van der Waals surface area contributed by atoms with Crippen LogP contribution in [0.25, 0.3) is 0 Å². The third kappa shape index (κ3) is 2.46. The quantitative estimate of drug-likeness (QED) is 0.622. The SMILES string of the molecule is Nc1cccc(N2C(=O)CN(C3CCS(=O)(=O)C3)C2=O)c1. The smallest absolute Gasteiger partial charge is 0.332 e. The van der Waals surface area contributed by atoms with Crippen LogP contribution in [0.2, 0.25) is 0 Å². The van der Waals surface area contributed by atoms with Crippen LogP contribution in [0.15, 0.2) is 24.3 Å². The first kappa shape index (κ1) is 13.9. The van der Waals surface area contributed by atoms with Gasteiger partial charge in [-0.2, -0.15) is 0 Å². The maximum absolute atomic E-state index is 12.4. The van der Waals surface area contributed by atoms with E-state index in [2.05, 4.69) is 0 Å². The number of anilines is 2. The molecule has 0 spiro atoms. The fourth-order valence-electron chi connectivity index (χ4n) is 2.74. The number of hydrogen-bond acceptors (Lipinski definition) is 5. The topological polar surface area (TPSA) is 101 Å². The van der Waals surface area contributed by atoms with Crippen LogP contribution in [-0.4, -0.2) is 49.3 Å². The molecule has 2 aliphatic rings. The molecule has 2 aliphatic heterocycles. The predicted octanol–water partition coefficient (Wildman–Crippen LogP) is 0.224. The van der Waals surface area contributed by atoms with E-state index in [9.17, 15) is 18.0 Å². The van der Waals surface area contributed by atoms with Gasteiger partial charge in [0.15, 0.2) is 9.84 Å². The number of imide groups is 1. The number of carbonyl (C=O) groups excluding carboxylic acids is 2. The van der Waals surface area contributed by atoms with E-state index in [1.807, 2.05) is 0 Å². The highest BCUT2D eigenvalue weighted by Crippen LogP contribution is 2.27. The highest BCUT2D eigenvalue weighted by molar-refractivity contribution is 7.91. The van der Waals surface area contributed by atoms with Crippen molar-refractivity contribution in [1.29, 1.82) is 0 Å². The van der Waals surface area contributed by atoms with Crippen LogP contribution < -0.4 is 10.6 Å². The number of hydrogen-bond donors (Lipinski definition) is 1. The lowest BCUT2D eigenvalue weighted by molar-refractivity contribution is -0.116. The molecule has 3 rings (SSSR count). The summed E-state index contributed by atoms with van der Waals surface area (Å²) in [6.45, 7) is -0.0895. The van der Waals surface area contributed by atoms with E-state index in [1.54, 1.807) is 24.3 Å². The minimum absolute atomic E-state index is 0.0634. The highest BCUT2D eigenvalue weighted by atomic mass is 32.2. The zero-order valence-corrected chi connectivity index (χ0v) is 12.0. The summed E-state index contributed by atoms with van der Waals surface area (Å²) < 4.78 is 23.1. The fraction of sp³-hybridized carbons (Fsp3) is 0.385. The lowest BCUT2D eigenvalue weighted by atomic mass is 10.2. The van der Waals surface area contributed by atoms with Crippen molar-refractivity contribution in [3.63, 3.8) is 0 Å². The Morgan fingerprint density at radius 2 is 2.00 bits per heavy atom. The molecule has 1 aromatic rings. The van der Waals surface area contributed by atoms with Crippen LogP contribution >= 0.6 is 0 Å². The summed E-state index contributed by atoms with van der Waals surface area (Å²) in [5.41, 5.74) is 6.53. The maximum Gasteiger partial charge on any atom is 0.332 e. The van der Waals surface area contributed by atoms with Crippen molar-refractivity contribution in [2.24, 2.45) is 0 Å². The number of sulfone groups is 1. The Bertz CT molecular complexity index is 716. The highest BCUT2D eigenvalue weighted by Gasteiger charge is 2.44. The largest absolute Gasteiger partial charge is 0.399 e. The molecule has 7 nitrogen and oxygen atoms in total. The second-order valence-electron chi connectivity index (χ2n) is 5.29. The van der Waals surface area contributed by atoms with Gasteiger partial charge in [-0.05, 0) is 24.6 Å². The average Bonchev–Trinajstić information content (AvgIpc) is 2.89. The molecule has 0 aromatic heterocycles. The first-order valence-electron chi connectivity index (χ1n) is 6.57. The number of nitrogen functional groups attached to an aromatic ring is 1. The number of nitrogens with two attached hydrogens (primary N) is 1. The maximum atomic E-state index is 12.4. The summed E-state index contributed by atoms with van der Waals surface area (Å²) in [5.74, 6) is -0.375. The molecule has 1 unspecified atom stereocenters. The number of carbonyl (C=O) groups is 2. The molecule has 8 heteroatoms. The van der Waals surface area contributed by atoms with E-state index < -0.39 is 21.9 Å². The summed E-state index contributed by atoms with van der Waals surface area (Å²) in [5, 5.41) is 0. The van der Waals surface area contributed by atoms with Crippen LogP contribution in [-0.2, 0) is 14.6 Å². The zero-order valence-electron chi connectivity index (χ0n) is 11.2. The third-order valence-corrected chi connectivity index (χ3v) is 5.52. The Balaban J connectivity index is 1.86. The zero-order chi connectivity index (χ0) is 15.2. The van der Waals surface area contributed by atoms with Gasteiger partial charge in [-0.3, -0.25) is 4.79 Å². The van der Waals surface area contributed by atoms with Crippen molar-refractivity contribution in [2.75, 3.05) is 28.7 Å². The molecule has 21 heavy (non-hydrogen) atoms. The first-order valence-corrected chi connectivity index (χ1v) is 8.39. The van der Waals surface area contributed by atoms with E-state index in [0.29, 0.717) is 17.8 Å². The summed E-state index contributed by atoms with van der Waals surface area (Å²) in [7, 11) is -3.11. The lowest BCUT2D eigenvalue weighted by Gasteiger charge is -2.22. The molecule has 2 saturated heterocycles. The monoisotopic (exact) mass is 309 g/mol. The Morgan fingerprint density at radius 1 is 1.24 bits per heavy atom. The predicted molar refractivity (Wildman–Crippen MR) is 77.5 cm³/mol. The van der Waals surface area contributed by atoms with Crippen molar-refractivity contribution in [2.45, 2.75) is 12.5 Å². The van der Waals surface area contributed by atoms with Gasteiger partial charge in [-0.1, -0.05) is 6.07 Å². The Labute approximate surface area is 122 Å². The third-order valence-electron chi connectivity index (χ3n) is 3.77. The molecule has 3 amide bonds. The Hall–Kier alpha value is -2.09. The molecule has 0 radical (unpaired) electrons. The summed E-state index contributed by atoms with van der Waals surface area (Å²) in [6.07, 6.45) is 0.381. The van der Waals surface area contributed by atoms with Crippen molar-refractivity contribution in [1.82, 2.24) is 4.90 Å². The van der Waals surface area contributed by atoms with E-state index in [0.717, 1.165) is 4.90 Å². The minimum atomic E-state index is -3.11. The van der Waals surface area contributed by atoms with Crippen LogP contribution in [0, 0.1) is 0 Å². The molecular weight excluding hydrogens is 294 g/mol. The molecule has 1 atom stereocenters. The molecular formula is C13H15N3O4S. The Morgan fingerprint density at radius 3 is 2.62 bits per heavy atom. The van der Waals surface area contributed by atoms with Crippen LogP contribution in [0.1, 0.15) is 6.42 Å². The van der Waals surface area contributed by atoms with E-state index in [-0.39, 0.29) is 24.0 Å². The van der Waals surface area contributed by atoms with E-state index in [4.69, 9.17) is 5.73 Å². The van der Waals surface area contributed by atoms with Crippen molar-refractivity contribution in [3.8, 4) is 0 Å². The molecule has 1 aromatic carbocycles. The molecule has 0 aliphatic carbocycles. The number of benzene rings is 1. The van der Waals surface area contributed by atoms with Gasteiger partial charge in [-0.25, -0.2) is 18.1 Å². The molecule has 2 fully saturated rings. The second-order valence-corrected chi connectivity index (χ2v) is 7.52. The average molecular weight is 309 g/mol. The Kier molecular flexibility index (Phi) is 3.12. The fourth-order valence-corrected chi connectivity index (χ4v) is 4.47. The summed E-state index contributed by atoms with van der Waals surface area (Å²) in [6, 6.07) is 5.60. The molecule has 2 N–H and O–H groups in total. The standard InChI is InChI=1S/C13H15N3O4S/c14-9-2-1-3-10(6-9)16-12(17)7-15(13(16)18)11-4-5-21(19,20)8-11/h1-3,6,11H,4-5,7-8,14H2. The molecule has 0 saturated carbocycles. The van der Waals surface area contributed by atoms with E-state index in [1.165, 1.54) is 4.90 Å². The minimum Gasteiger partial charge on any atom is -0.399 e. The number of amides is 3. The lowest BCUT2D eigenvalue weighted by Crippen LogP contribution is -2.40. The number of urea groups is 1. The van der Waals surface area contributed by atoms with Crippen LogP contribution in [0.4, 0.5) is 16.2 Å². The van der Waals surface area contributed by atoms with Crippen LogP contribution in [0.5, 0.6) is 0 Å². The van der Waals surface area contributed by atoms with Gasteiger partial charge < -0.3 is 10.6 Å². The van der Waals surface area contributed by atoms with Gasteiger partial charge in [-0.15, -0.1) is 0 Å².